The molecule has 0 saturated carbocycles. The molecule has 1 aromatic carbocycles. The van der Waals surface area contributed by atoms with Crippen LogP contribution in [-0.2, 0) is 0 Å². The van der Waals surface area contributed by atoms with Gasteiger partial charge in [0.05, 0.1) is 11.0 Å². The van der Waals surface area contributed by atoms with Crippen LogP contribution in [0.15, 0.2) is 29.1 Å². The molecule has 2 saturated heterocycles. The standard InChI is InChI=1S/C17H24N4O/c22-17-19-15-3-1-2-4-16(15)21(17)14-7-11-20(12-8-14)13-5-9-18-10-6-13/h1-4,13-14,18H,5-12H2,(H,19,22). The summed E-state index contributed by atoms with van der Waals surface area (Å²) in [6, 6.07) is 9.09. The number of aromatic nitrogens is 2. The van der Waals surface area contributed by atoms with Crippen molar-refractivity contribution >= 4 is 11.0 Å². The van der Waals surface area contributed by atoms with Crippen molar-refractivity contribution in [2.75, 3.05) is 26.2 Å². The molecule has 0 unspecified atom stereocenters. The minimum atomic E-state index is 0.0431. The predicted octanol–water partition coefficient (Wildman–Crippen LogP) is 1.72. The SMILES string of the molecule is O=c1[nH]c2ccccc2n1C1CCN(C2CCNCC2)CC1. The number of nitrogens with one attached hydrogen (secondary N) is 2. The topological polar surface area (TPSA) is 53.1 Å². The normalized spacial score (nSPS) is 22.4. The summed E-state index contributed by atoms with van der Waals surface area (Å²) < 4.78 is 1.98. The number of para-hydroxylation sites is 2. The van der Waals surface area contributed by atoms with E-state index in [4.69, 9.17) is 0 Å². The van der Waals surface area contributed by atoms with Crippen LogP contribution in [0.3, 0.4) is 0 Å². The molecule has 4 rings (SSSR count). The van der Waals surface area contributed by atoms with Gasteiger partial charge in [-0.05, 0) is 50.9 Å². The van der Waals surface area contributed by atoms with Gasteiger partial charge in [0.2, 0.25) is 0 Å². The Morgan fingerprint density at radius 2 is 1.68 bits per heavy atom. The Morgan fingerprint density at radius 1 is 0.955 bits per heavy atom. The van der Waals surface area contributed by atoms with Gasteiger partial charge in [0.15, 0.2) is 0 Å². The number of fused-ring (bicyclic) bond motifs is 1. The molecule has 118 valence electrons. The van der Waals surface area contributed by atoms with E-state index in [0.29, 0.717) is 6.04 Å². The van der Waals surface area contributed by atoms with Crippen LogP contribution in [-0.4, -0.2) is 46.7 Å². The highest BCUT2D eigenvalue weighted by Gasteiger charge is 2.28. The van der Waals surface area contributed by atoms with Crippen LogP contribution >= 0.6 is 0 Å². The molecule has 3 heterocycles. The van der Waals surface area contributed by atoms with Crippen molar-refractivity contribution in [3.05, 3.63) is 34.7 Å². The third-order valence-corrected chi connectivity index (χ3v) is 5.31. The lowest BCUT2D eigenvalue weighted by atomic mass is 9.98. The third kappa shape index (κ3) is 2.48. The summed E-state index contributed by atoms with van der Waals surface area (Å²) in [5, 5.41) is 3.44. The lowest BCUT2D eigenvalue weighted by molar-refractivity contribution is 0.113. The first-order valence-corrected chi connectivity index (χ1v) is 8.47. The number of rotatable bonds is 2. The molecular weight excluding hydrogens is 276 g/mol. The number of imidazole rings is 1. The Kier molecular flexibility index (Phi) is 3.76. The second kappa shape index (κ2) is 5.89. The van der Waals surface area contributed by atoms with E-state index in [9.17, 15) is 4.79 Å². The quantitative estimate of drug-likeness (QED) is 0.888. The Morgan fingerprint density at radius 3 is 2.45 bits per heavy atom. The van der Waals surface area contributed by atoms with Gasteiger partial charge in [-0.2, -0.15) is 0 Å². The molecule has 2 aromatic rings. The van der Waals surface area contributed by atoms with Crippen molar-refractivity contribution in [3.8, 4) is 0 Å². The van der Waals surface area contributed by atoms with Crippen LogP contribution in [0.4, 0.5) is 0 Å². The minimum absolute atomic E-state index is 0.0431. The number of nitrogens with zero attached hydrogens (tertiary/aromatic N) is 2. The number of likely N-dealkylation sites (tertiary alicyclic amines) is 1. The second-order valence-corrected chi connectivity index (χ2v) is 6.57. The van der Waals surface area contributed by atoms with Gasteiger partial charge in [-0.25, -0.2) is 4.79 Å². The molecule has 5 heteroatoms. The fourth-order valence-corrected chi connectivity index (χ4v) is 4.12. The molecule has 0 aliphatic carbocycles. The number of aromatic amines is 1. The maximum atomic E-state index is 12.3. The fraction of sp³-hybridized carbons (Fsp3) is 0.588. The molecule has 22 heavy (non-hydrogen) atoms. The smallest absolute Gasteiger partial charge is 0.317 e. The minimum Gasteiger partial charge on any atom is -0.317 e. The van der Waals surface area contributed by atoms with Gasteiger partial charge in [0, 0.05) is 25.2 Å². The molecule has 0 amide bonds. The fourth-order valence-electron chi connectivity index (χ4n) is 4.12. The van der Waals surface area contributed by atoms with E-state index >= 15 is 0 Å². The Hall–Kier alpha value is -1.59. The van der Waals surface area contributed by atoms with Crippen molar-refractivity contribution in [1.82, 2.24) is 19.8 Å². The van der Waals surface area contributed by atoms with E-state index in [0.717, 1.165) is 56.1 Å². The number of hydrogen-bond donors (Lipinski definition) is 2. The zero-order chi connectivity index (χ0) is 14.9. The lowest BCUT2D eigenvalue weighted by Crippen LogP contribution is -2.47. The summed E-state index contributed by atoms with van der Waals surface area (Å²) in [4.78, 5) is 17.9. The molecule has 2 aliphatic rings. The average molecular weight is 300 g/mol. The molecular formula is C17H24N4O. The Bertz CT molecular complexity index is 690. The molecule has 2 aliphatic heterocycles. The summed E-state index contributed by atoms with van der Waals surface area (Å²) in [6.45, 7) is 4.52. The first-order valence-electron chi connectivity index (χ1n) is 8.47. The highest BCUT2D eigenvalue weighted by atomic mass is 16.1. The van der Waals surface area contributed by atoms with Gasteiger partial charge < -0.3 is 15.2 Å². The van der Waals surface area contributed by atoms with E-state index in [1.807, 2.05) is 28.8 Å². The van der Waals surface area contributed by atoms with Crippen molar-refractivity contribution in [2.24, 2.45) is 0 Å². The van der Waals surface area contributed by atoms with Gasteiger partial charge >= 0.3 is 5.69 Å². The lowest BCUT2D eigenvalue weighted by Gasteiger charge is -2.39. The number of benzene rings is 1. The van der Waals surface area contributed by atoms with Crippen LogP contribution in [0.25, 0.3) is 11.0 Å². The Labute approximate surface area is 130 Å². The van der Waals surface area contributed by atoms with Crippen molar-refractivity contribution < 1.29 is 0 Å². The zero-order valence-corrected chi connectivity index (χ0v) is 12.9. The first-order chi connectivity index (χ1) is 10.8. The van der Waals surface area contributed by atoms with Crippen LogP contribution in [0.2, 0.25) is 0 Å². The highest BCUT2D eigenvalue weighted by Crippen LogP contribution is 2.27. The molecule has 0 bridgehead atoms. The predicted molar refractivity (Wildman–Crippen MR) is 88.3 cm³/mol. The van der Waals surface area contributed by atoms with Crippen molar-refractivity contribution in [3.63, 3.8) is 0 Å². The van der Waals surface area contributed by atoms with E-state index in [1.165, 1.54) is 12.8 Å². The third-order valence-electron chi connectivity index (χ3n) is 5.31. The maximum absolute atomic E-state index is 12.3. The first kappa shape index (κ1) is 14.0. The van der Waals surface area contributed by atoms with Gasteiger partial charge in [-0.1, -0.05) is 12.1 Å². The summed E-state index contributed by atoms with van der Waals surface area (Å²) in [7, 11) is 0. The molecule has 0 radical (unpaired) electrons. The molecule has 5 nitrogen and oxygen atoms in total. The van der Waals surface area contributed by atoms with Gasteiger partial charge in [0.1, 0.15) is 0 Å². The van der Waals surface area contributed by atoms with E-state index in [2.05, 4.69) is 15.2 Å². The summed E-state index contributed by atoms with van der Waals surface area (Å²) in [5.41, 5.74) is 2.04. The average Bonchev–Trinajstić information content (AvgIpc) is 2.91. The number of piperidine rings is 2. The van der Waals surface area contributed by atoms with Gasteiger partial charge in [-0.3, -0.25) is 4.57 Å². The molecule has 1 aromatic heterocycles. The summed E-state index contributed by atoms with van der Waals surface area (Å²) in [6.07, 6.45) is 4.67. The summed E-state index contributed by atoms with van der Waals surface area (Å²) >= 11 is 0. The van der Waals surface area contributed by atoms with E-state index < -0.39 is 0 Å². The van der Waals surface area contributed by atoms with Crippen LogP contribution in [0, 0.1) is 0 Å². The van der Waals surface area contributed by atoms with Crippen LogP contribution in [0.1, 0.15) is 31.7 Å². The molecule has 0 spiro atoms. The van der Waals surface area contributed by atoms with E-state index in [-0.39, 0.29) is 5.69 Å². The number of hydrogen-bond acceptors (Lipinski definition) is 3. The van der Waals surface area contributed by atoms with Crippen LogP contribution < -0.4 is 11.0 Å². The monoisotopic (exact) mass is 300 g/mol. The second-order valence-electron chi connectivity index (χ2n) is 6.57. The zero-order valence-electron chi connectivity index (χ0n) is 12.9. The number of H-pyrrole nitrogens is 1. The molecule has 0 atom stereocenters. The van der Waals surface area contributed by atoms with Gasteiger partial charge in [0.25, 0.3) is 0 Å². The molecule has 2 fully saturated rings. The Balaban J connectivity index is 1.51. The largest absolute Gasteiger partial charge is 0.326 e. The van der Waals surface area contributed by atoms with Crippen LogP contribution in [0.5, 0.6) is 0 Å². The molecule has 2 N–H and O–H groups in total. The summed E-state index contributed by atoms with van der Waals surface area (Å²) in [5.74, 6) is 0. The van der Waals surface area contributed by atoms with Gasteiger partial charge in [-0.15, -0.1) is 0 Å². The maximum Gasteiger partial charge on any atom is 0.326 e. The van der Waals surface area contributed by atoms with Crippen molar-refractivity contribution in [1.29, 1.82) is 0 Å². The van der Waals surface area contributed by atoms with E-state index in [1.54, 1.807) is 0 Å². The highest BCUT2D eigenvalue weighted by molar-refractivity contribution is 5.75. The van der Waals surface area contributed by atoms with Crippen molar-refractivity contribution in [2.45, 2.75) is 37.8 Å².